The number of fused-ring (bicyclic) bond motifs is 5. The summed E-state index contributed by atoms with van der Waals surface area (Å²) < 4.78 is 83.6. The van der Waals surface area contributed by atoms with Gasteiger partial charge in [0, 0.05) is 22.5 Å². The number of halogens is 6. The highest BCUT2D eigenvalue weighted by atomic mass is 19.3. The standard InChI is InChI=1S/C17H9F6N/c1-8-6-11-13-12(15(18,19)17(22,23)16(13,20)21)7-24-14(11)10-5-3-2-4-9(8)10/h2-7H,1H3. The van der Waals surface area contributed by atoms with Crippen LogP contribution in [0.4, 0.5) is 26.3 Å². The number of aryl methyl sites for hydroxylation is 1. The summed E-state index contributed by atoms with van der Waals surface area (Å²) in [7, 11) is 0. The van der Waals surface area contributed by atoms with E-state index in [4.69, 9.17) is 0 Å². The van der Waals surface area contributed by atoms with Crippen LogP contribution < -0.4 is 0 Å². The van der Waals surface area contributed by atoms with Gasteiger partial charge in [-0.3, -0.25) is 4.98 Å². The Bertz CT molecular complexity index is 1010. The van der Waals surface area contributed by atoms with Gasteiger partial charge in [-0.15, -0.1) is 0 Å². The van der Waals surface area contributed by atoms with E-state index >= 15 is 0 Å². The molecular weight excluding hydrogens is 332 g/mol. The Morgan fingerprint density at radius 2 is 1.46 bits per heavy atom. The lowest BCUT2D eigenvalue weighted by atomic mass is 9.96. The summed E-state index contributed by atoms with van der Waals surface area (Å²) in [4.78, 5) is 3.80. The van der Waals surface area contributed by atoms with E-state index in [9.17, 15) is 26.3 Å². The third kappa shape index (κ3) is 1.50. The molecule has 0 saturated heterocycles. The molecule has 1 aliphatic carbocycles. The van der Waals surface area contributed by atoms with Gasteiger partial charge in [0.25, 0.3) is 0 Å². The summed E-state index contributed by atoms with van der Waals surface area (Å²) in [6.07, 6.45) is 0.439. The van der Waals surface area contributed by atoms with E-state index in [1.54, 1.807) is 31.2 Å². The van der Waals surface area contributed by atoms with E-state index in [1.165, 1.54) is 6.07 Å². The molecule has 1 aliphatic rings. The minimum Gasteiger partial charge on any atom is -0.255 e. The molecule has 0 atom stereocenters. The number of hydrogen-bond acceptors (Lipinski definition) is 1. The molecule has 24 heavy (non-hydrogen) atoms. The zero-order valence-electron chi connectivity index (χ0n) is 12.2. The Morgan fingerprint density at radius 3 is 2.12 bits per heavy atom. The minimum atomic E-state index is -5.50. The van der Waals surface area contributed by atoms with Crippen molar-refractivity contribution in [1.82, 2.24) is 4.98 Å². The molecule has 0 saturated carbocycles. The molecule has 0 N–H and O–H groups in total. The zero-order chi connectivity index (χ0) is 17.5. The van der Waals surface area contributed by atoms with Crippen LogP contribution in [0.1, 0.15) is 16.7 Å². The van der Waals surface area contributed by atoms with E-state index in [0.717, 1.165) is 0 Å². The fourth-order valence-electron chi connectivity index (χ4n) is 3.31. The second-order valence-corrected chi connectivity index (χ2v) is 5.91. The predicted molar refractivity (Wildman–Crippen MR) is 76.7 cm³/mol. The van der Waals surface area contributed by atoms with E-state index in [0.29, 0.717) is 22.5 Å². The number of rotatable bonds is 0. The normalized spacial score (nSPS) is 20.5. The summed E-state index contributed by atoms with van der Waals surface area (Å²) in [6.45, 7) is 1.60. The van der Waals surface area contributed by atoms with Gasteiger partial charge in [0.1, 0.15) is 0 Å². The molecule has 0 unspecified atom stereocenters. The molecular formula is C17H9F6N. The molecule has 1 nitrogen and oxygen atoms in total. The van der Waals surface area contributed by atoms with Crippen LogP contribution in [0.2, 0.25) is 0 Å². The van der Waals surface area contributed by atoms with Crippen LogP contribution in [-0.2, 0) is 11.8 Å². The van der Waals surface area contributed by atoms with Gasteiger partial charge in [-0.2, -0.15) is 26.3 Å². The van der Waals surface area contributed by atoms with Gasteiger partial charge < -0.3 is 0 Å². The van der Waals surface area contributed by atoms with E-state index < -0.39 is 28.9 Å². The van der Waals surface area contributed by atoms with Gasteiger partial charge in [-0.05, 0) is 23.9 Å². The van der Waals surface area contributed by atoms with Gasteiger partial charge in [0.05, 0.1) is 11.1 Å². The Morgan fingerprint density at radius 1 is 0.833 bits per heavy atom. The molecule has 0 radical (unpaired) electrons. The second kappa shape index (κ2) is 4.20. The van der Waals surface area contributed by atoms with Crippen molar-refractivity contribution in [2.45, 2.75) is 24.7 Å². The highest BCUT2D eigenvalue weighted by molar-refractivity contribution is 6.08. The monoisotopic (exact) mass is 341 g/mol. The summed E-state index contributed by atoms with van der Waals surface area (Å²) in [5.41, 5.74) is -2.23. The maximum atomic E-state index is 14.2. The summed E-state index contributed by atoms with van der Waals surface area (Å²) in [6, 6.07) is 7.89. The van der Waals surface area contributed by atoms with Crippen LogP contribution in [0.25, 0.3) is 21.7 Å². The van der Waals surface area contributed by atoms with E-state index in [1.807, 2.05) is 0 Å². The van der Waals surface area contributed by atoms with Crippen molar-refractivity contribution in [1.29, 1.82) is 0 Å². The second-order valence-electron chi connectivity index (χ2n) is 5.91. The van der Waals surface area contributed by atoms with Crippen molar-refractivity contribution in [3.63, 3.8) is 0 Å². The van der Waals surface area contributed by atoms with Crippen molar-refractivity contribution < 1.29 is 26.3 Å². The van der Waals surface area contributed by atoms with Crippen molar-refractivity contribution in [3.8, 4) is 0 Å². The van der Waals surface area contributed by atoms with Crippen LogP contribution >= 0.6 is 0 Å². The first-order chi connectivity index (χ1) is 11.1. The molecule has 0 bridgehead atoms. The molecule has 4 rings (SSSR count). The zero-order valence-corrected chi connectivity index (χ0v) is 12.2. The number of benzene rings is 2. The fraction of sp³-hybridized carbons (Fsp3) is 0.235. The SMILES string of the molecule is Cc1cc2c3c(cnc2c2ccccc12)C(F)(F)C(F)(F)C3(F)F. The average molecular weight is 341 g/mol. The van der Waals surface area contributed by atoms with Crippen LogP contribution in [0, 0.1) is 6.92 Å². The Labute approximate surface area is 131 Å². The Hall–Kier alpha value is -2.31. The lowest BCUT2D eigenvalue weighted by Gasteiger charge is -2.23. The van der Waals surface area contributed by atoms with Crippen molar-refractivity contribution in [2.24, 2.45) is 0 Å². The molecule has 0 amide bonds. The van der Waals surface area contributed by atoms with Crippen LogP contribution in [-0.4, -0.2) is 10.9 Å². The van der Waals surface area contributed by atoms with Crippen molar-refractivity contribution >= 4 is 21.7 Å². The molecule has 7 heteroatoms. The molecule has 1 aromatic heterocycles. The number of aromatic nitrogens is 1. The van der Waals surface area contributed by atoms with E-state index in [2.05, 4.69) is 4.98 Å². The van der Waals surface area contributed by atoms with Crippen LogP contribution in [0.15, 0.2) is 36.5 Å². The van der Waals surface area contributed by atoms with Gasteiger partial charge in [-0.25, -0.2) is 0 Å². The van der Waals surface area contributed by atoms with Crippen molar-refractivity contribution in [2.75, 3.05) is 0 Å². The first-order valence-electron chi connectivity index (χ1n) is 7.06. The largest absolute Gasteiger partial charge is 0.380 e. The molecule has 124 valence electrons. The highest BCUT2D eigenvalue weighted by Gasteiger charge is 2.79. The maximum absolute atomic E-state index is 14.2. The highest BCUT2D eigenvalue weighted by Crippen LogP contribution is 2.64. The number of hydrogen-bond donors (Lipinski definition) is 0. The Balaban J connectivity index is 2.24. The first kappa shape index (κ1) is 15.2. The average Bonchev–Trinajstić information content (AvgIpc) is 2.63. The summed E-state index contributed by atoms with van der Waals surface area (Å²) in [5.74, 6) is -15.5. The van der Waals surface area contributed by atoms with Gasteiger partial charge in [0.2, 0.25) is 0 Å². The van der Waals surface area contributed by atoms with Crippen molar-refractivity contribution in [3.05, 3.63) is 53.2 Å². The van der Waals surface area contributed by atoms with E-state index in [-0.39, 0.29) is 10.9 Å². The number of nitrogens with zero attached hydrogens (tertiary/aromatic N) is 1. The molecule has 3 aromatic rings. The third-order valence-corrected chi connectivity index (χ3v) is 4.53. The van der Waals surface area contributed by atoms with Gasteiger partial charge in [-0.1, -0.05) is 24.3 Å². The molecule has 0 fully saturated rings. The Kier molecular flexibility index (Phi) is 2.67. The van der Waals surface area contributed by atoms with Crippen LogP contribution in [0.5, 0.6) is 0 Å². The fourth-order valence-corrected chi connectivity index (χ4v) is 3.31. The molecule has 1 heterocycles. The first-order valence-corrected chi connectivity index (χ1v) is 7.06. The predicted octanol–water partition coefficient (Wildman–Crippen LogP) is 5.53. The molecule has 0 aliphatic heterocycles. The number of alkyl halides is 6. The molecule has 0 spiro atoms. The quantitative estimate of drug-likeness (QED) is 0.387. The van der Waals surface area contributed by atoms with Gasteiger partial charge in [0.15, 0.2) is 0 Å². The van der Waals surface area contributed by atoms with Gasteiger partial charge >= 0.3 is 17.8 Å². The lowest BCUT2D eigenvalue weighted by molar-refractivity contribution is -0.302. The molecule has 2 aromatic carbocycles. The third-order valence-electron chi connectivity index (χ3n) is 4.53. The topological polar surface area (TPSA) is 12.9 Å². The summed E-state index contributed by atoms with van der Waals surface area (Å²) in [5, 5.41) is 0.771. The summed E-state index contributed by atoms with van der Waals surface area (Å²) >= 11 is 0. The van der Waals surface area contributed by atoms with Crippen LogP contribution in [0.3, 0.4) is 0 Å². The smallest absolute Gasteiger partial charge is 0.255 e. The minimum absolute atomic E-state index is 0.00289. The lowest BCUT2D eigenvalue weighted by Crippen LogP contribution is -2.43. The number of pyridine rings is 1. The maximum Gasteiger partial charge on any atom is 0.380 e.